The molecule has 3 aromatic heterocycles. The van der Waals surface area contributed by atoms with Crippen LogP contribution in [0.4, 0.5) is 5.82 Å². The maximum Gasteiger partial charge on any atom is 0.165 e. The molecule has 1 fully saturated rings. The molecule has 1 aliphatic carbocycles. The first-order chi connectivity index (χ1) is 18.0. The Morgan fingerprint density at radius 1 is 0.892 bits per heavy atom. The SMILES string of the molecule is COc1ccc(-c2ccc3nc(-c4cccnc4N)n(-c4ccc(C5(N)CCC5)cc4)c3n2)cc1OC. The number of hydrogen-bond donors (Lipinski definition) is 2. The first-order valence-corrected chi connectivity index (χ1v) is 12.2. The number of ether oxygens (including phenoxy) is 2. The van der Waals surface area contributed by atoms with Gasteiger partial charge in [0.05, 0.1) is 25.5 Å². The summed E-state index contributed by atoms with van der Waals surface area (Å²) in [5.74, 6) is 2.39. The average molecular weight is 493 g/mol. The van der Waals surface area contributed by atoms with Crippen molar-refractivity contribution in [2.24, 2.45) is 5.73 Å². The van der Waals surface area contributed by atoms with Crippen LogP contribution in [0.1, 0.15) is 24.8 Å². The molecule has 2 aromatic carbocycles. The van der Waals surface area contributed by atoms with Crippen molar-refractivity contribution >= 4 is 17.0 Å². The Kier molecular flexibility index (Phi) is 5.53. The summed E-state index contributed by atoms with van der Waals surface area (Å²) in [6, 6.07) is 21.8. The van der Waals surface area contributed by atoms with Gasteiger partial charge in [-0.1, -0.05) is 12.1 Å². The molecule has 37 heavy (non-hydrogen) atoms. The van der Waals surface area contributed by atoms with Crippen molar-refractivity contribution < 1.29 is 9.47 Å². The molecule has 3 heterocycles. The molecule has 4 N–H and O–H groups in total. The lowest BCUT2D eigenvalue weighted by atomic mass is 9.73. The number of nitrogens with two attached hydrogens (primary N) is 2. The lowest BCUT2D eigenvalue weighted by Gasteiger charge is -2.38. The first kappa shape index (κ1) is 23.0. The largest absolute Gasteiger partial charge is 0.493 e. The van der Waals surface area contributed by atoms with Crippen LogP contribution in [-0.4, -0.2) is 33.7 Å². The van der Waals surface area contributed by atoms with Crippen molar-refractivity contribution in [3.8, 4) is 39.8 Å². The molecule has 0 atom stereocenters. The summed E-state index contributed by atoms with van der Waals surface area (Å²) in [6.07, 6.45) is 4.85. The molecule has 0 saturated heterocycles. The highest BCUT2D eigenvalue weighted by atomic mass is 16.5. The van der Waals surface area contributed by atoms with E-state index >= 15 is 0 Å². The Labute approximate surface area is 214 Å². The molecule has 0 amide bonds. The summed E-state index contributed by atoms with van der Waals surface area (Å²) in [7, 11) is 3.24. The van der Waals surface area contributed by atoms with Crippen LogP contribution in [0.3, 0.4) is 0 Å². The zero-order chi connectivity index (χ0) is 25.6. The fourth-order valence-corrected chi connectivity index (χ4v) is 4.93. The maximum atomic E-state index is 6.58. The Balaban J connectivity index is 1.54. The average Bonchev–Trinajstić information content (AvgIpc) is 3.30. The monoisotopic (exact) mass is 492 g/mol. The third-order valence-electron chi connectivity index (χ3n) is 7.21. The van der Waals surface area contributed by atoms with Crippen LogP contribution in [0.2, 0.25) is 0 Å². The molecular weight excluding hydrogens is 464 g/mol. The van der Waals surface area contributed by atoms with Gasteiger partial charge in [-0.25, -0.2) is 15.0 Å². The highest BCUT2D eigenvalue weighted by Gasteiger charge is 2.34. The molecule has 0 unspecified atom stereocenters. The van der Waals surface area contributed by atoms with Gasteiger partial charge in [-0.15, -0.1) is 0 Å². The molecule has 8 heteroatoms. The summed E-state index contributed by atoms with van der Waals surface area (Å²) in [6.45, 7) is 0. The van der Waals surface area contributed by atoms with E-state index in [4.69, 9.17) is 30.9 Å². The van der Waals surface area contributed by atoms with Crippen molar-refractivity contribution in [3.63, 3.8) is 0 Å². The van der Waals surface area contributed by atoms with Gasteiger partial charge < -0.3 is 20.9 Å². The Morgan fingerprint density at radius 2 is 1.68 bits per heavy atom. The van der Waals surface area contributed by atoms with Crippen LogP contribution < -0.4 is 20.9 Å². The van der Waals surface area contributed by atoms with Crippen LogP contribution in [-0.2, 0) is 5.54 Å². The fraction of sp³-hybridized carbons (Fsp3) is 0.207. The topological polar surface area (TPSA) is 114 Å². The second-order valence-electron chi connectivity index (χ2n) is 9.37. The number of nitrogens with zero attached hydrogens (tertiary/aromatic N) is 4. The summed E-state index contributed by atoms with van der Waals surface area (Å²) in [5, 5.41) is 0. The van der Waals surface area contributed by atoms with E-state index in [2.05, 4.69) is 29.2 Å². The lowest BCUT2D eigenvalue weighted by Crippen LogP contribution is -2.43. The second-order valence-corrected chi connectivity index (χ2v) is 9.37. The van der Waals surface area contributed by atoms with Crippen molar-refractivity contribution in [1.29, 1.82) is 0 Å². The number of aromatic nitrogens is 4. The molecule has 8 nitrogen and oxygen atoms in total. The van der Waals surface area contributed by atoms with Crippen molar-refractivity contribution in [2.45, 2.75) is 24.8 Å². The van der Waals surface area contributed by atoms with E-state index < -0.39 is 0 Å². The highest BCUT2D eigenvalue weighted by molar-refractivity contribution is 5.84. The van der Waals surface area contributed by atoms with E-state index in [0.717, 1.165) is 52.9 Å². The van der Waals surface area contributed by atoms with Gasteiger partial charge in [-0.05, 0) is 79.4 Å². The minimum Gasteiger partial charge on any atom is -0.493 e. The van der Waals surface area contributed by atoms with Crippen LogP contribution >= 0.6 is 0 Å². The predicted octanol–water partition coefficient (Wildman–Crippen LogP) is 5.09. The third kappa shape index (κ3) is 3.86. The number of benzene rings is 2. The predicted molar refractivity (Wildman–Crippen MR) is 145 cm³/mol. The van der Waals surface area contributed by atoms with E-state index in [9.17, 15) is 0 Å². The highest BCUT2D eigenvalue weighted by Crippen LogP contribution is 2.39. The number of rotatable bonds is 6. The van der Waals surface area contributed by atoms with Gasteiger partial charge in [0.2, 0.25) is 0 Å². The number of methoxy groups -OCH3 is 2. The molecule has 0 bridgehead atoms. The second kappa shape index (κ2) is 8.90. The summed E-state index contributed by atoms with van der Waals surface area (Å²) >= 11 is 0. The standard InChI is InChI=1S/C29H28N6O2/c1-36-24-13-6-18(17-25(24)37-2)22-11-12-23-28(33-22)35(27(34-23)21-5-3-16-32-26(21)30)20-9-7-19(8-10-20)29(31)14-4-15-29/h3,5-13,16-17H,4,14-15,31H2,1-2H3,(H2,30,32). The molecule has 6 rings (SSSR count). The summed E-state index contributed by atoms with van der Waals surface area (Å²) in [5.41, 5.74) is 18.6. The van der Waals surface area contributed by atoms with E-state index in [-0.39, 0.29) is 5.54 Å². The quantitative estimate of drug-likeness (QED) is 0.339. The summed E-state index contributed by atoms with van der Waals surface area (Å²) < 4.78 is 12.9. The fourth-order valence-electron chi connectivity index (χ4n) is 4.93. The van der Waals surface area contributed by atoms with Crippen LogP contribution in [0, 0.1) is 0 Å². The van der Waals surface area contributed by atoms with Crippen molar-refractivity contribution in [1.82, 2.24) is 19.5 Å². The molecule has 1 aliphatic rings. The van der Waals surface area contributed by atoms with Gasteiger partial charge in [0, 0.05) is 23.0 Å². The Hall–Kier alpha value is -4.43. The minimum absolute atomic E-state index is 0.231. The van der Waals surface area contributed by atoms with Gasteiger partial charge in [-0.2, -0.15) is 0 Å². The number of imidazole rings is 1. The zero-order valence-electron chi connectivity index (χ0n) is 20.8. The van der Waals surface area contributed by atoms with Gasteiger partial charge in [0.1, 0.15) is 11.3 Å². The lowest BCUT2D eigenvalue weighted by molar-refractivity contribution is 0.253. The van der Waals surface area contributed by atoms with Crippen molar-refractivity contribution in [2.75, 3.05) is 20.0 Å². The summed E-state index contributed by atoms with van der Waals surface area (Å²) in [4.78, 5) is 14.3. The molecule has 0 aliphatic heterocycles. The van der Waals surface area contributed by atoms with Crippen LogP contribution in [0.15, 0.2) is 72.9 Å². The van der Waals surface area contributed by atoms with E-state index in [1.807, 2.05) is 47.0 Å². The van der Waals surface area contributed by atoms with E-state index in [1.54, 1.807) is 20.4 Å². The number of fused-ring (bicyclic) bond motifs is 1. The minimum atomic E-state index is -0.231. The number of pyridine rings is 2. The van der Waals surface area contributed by atoms with Gasteiger partial charge in [0.15, 0.2) is 23.0 Å². The zero-order valence-corrected chi connectivity index (χ0v) is 20.8. The van der Waals surface area contributed by atoms with Crippen LogP contribution in [0.25, 0.3) is 39.5 Å². The maximum absolute atomic E-state index is 6.58. The smallest absolute Gasteiger partial charge is 0.165 e. The normalized spacial score (nSPS) is 14.4. The van der Waals surface area contributed by atoms with Crippen molar-refractivity contribution in [3.05, 3.63) is 78.5 Å². The molecular formula is C29H28N6O2. The number of anilines is 1. The van der Waals surface area contributed by atoms with Gasteiger partial charge >= 0.3 is 0 Å². The van der Waals surface area contributed by atoms with Crippen LogP contribution in [0.5, 0.6) is 11.5 Å². The molecule has 1 saturated carbocycles. The van der Waals surface area contributed by atoms with Gasteiger partial charge in [0.25, 0.3) is 0 Å². The molecule has 0 radical (unpaired) electrons. The van der Waals surface area contributed by atoms with E-state index in [1.165, 1.54) is 0 Å². The Bertz CT molecular complexity index is 1610. The molecule has 186 valence electrons. The number of nitrogen functional groups attached to an aromatic ring is 1. The number of hydrogen-bond acceptors (Lipinski definition) is 7. The first-order valence-electron chi connectivity index (χ1n) is 12.2. The third-order valence-corrected chi connectivity index (χ3v) is 7.21. The van der Waals surface area contributed by atoms with E-state index in [0.29, 0.717) is 28.8 Å². The molecule has 0 spiro atoms. The van der Waals surface area contributed by atoms with Gasteiger partial charge in [-0.3, -0.25) is 4.57 Å². The Morgan fingerprint density at radius 3 is 2.35 bits per heavy atom. The molecule has 5 aromatic rings.